The Morgan fingerprint density at radius 3 is 2.68 bits per heavy atom. The fraction of sp³-hybridized carbons (Fsp3) is 0.529. The number of aromatic nitrogens is 3. The summed E-state index contributed by atoms with van der Waals surface area (Å²) < 4.78 is 20.7. The highest BCUT2D eigenvalue weighted by molar-refractivity contribution is 5.23. The summed E-state index contributed by atoms with van der Waals surface area (Å²) in [5.41, 5.74) is 0.717. The van der Waals surface area contributed by atoms with Crippen molar-refractivity contribution in [2.45, 2.75) is 58.6 Å². The molecule has 1 heterocycles. The van der Waals surface area contributed by atoms with Crippen LogP contribution < -0.4 is 4.74 Å². The number of aryl methyl sites for hydroxylation is 1. The summed E-state index contributed by atoms with van der Waals surface area (Å²) >= 11 is 0. The van der Waals surface area contributed by atoms with Crippen LogP contribution in [0.3, 0.4) is 0 Å². The van der Waals surface area contributed by atoms with Crippen LogP contribution in [0.25, 0.3) is 0 Å². The van der Waals surface area contributed by atoms with Crippen molar-refractivity contribution < 1.29 is 9.13 Å². The first-order chi connectivity index (χ1) is 10.8. The highest BCUT2D eigenvalue weighted by atomic mass is 19.1. The number of benzene rings is 1. The Morgan fingerprint density at radius 1 is 1.09 bits per heavy atom. The molecule has 0 amide bonds. The zero-order chi connectivity index (χ0) is 15.6. The van der Waals surface area contributed by atoms with Crippen molar-refractivity contribution in [1.29, 1.82) is 0 Å². The number of hydrogen-bond donors (Lipinski definition) is 0. The second-order valence-corrected chi connectivity index (χ2v) is 5.46. The van der Waals surface area contributed by atoms with Crippen molar-refractivity contribution in [3.8, 4) is 5.75 Å². The summed E-state index contributed by atoms with van der Waals surface area (Å²) in [7, 11) is 0. The van der Waals surface area contributed by atoms with Gasteiger partial charge in [0.2, 0.25) is 0 Å². The maximum atomic E-state index is 13.4. The summed E-state index contributed by atoms with van der Waals surface area (Å²) in [6.07, 6.45) is 9.39. The van der Waals surface area contributed by atoms with Gasteiger partial charge in [-0.15, -0.1) is 5.10 Å². The van der Waals surface area contributed by atoms with E-state index in [-0.39, 0.29) is 18.2 Å². The van der Waals surface area contributed by atoms with Gasteiger partial charge in [0.15, 0.2) is 11.6 Å². The molecule has 0 spiro atoms. The van der Waals surface area contributed by atoms with Gasteiger partial charge in [-0.1, -0.05) is 56.4 Å². The lowest BCUT2D eigenvalue weighted by atomic mass is 10.1. The molecule has 1 aromatic heterocycles. The third-order valence-electron chi connectivity index (χ3n) is 3.54. The van der Waals surface area contributed by atoms with Gasteiger partial charge in [0.1, 0.15) is 12.3 Å². The number of rotatable bonds is 10. The van der Waals surface area contributed by atoms with Crippen LogP contribution >= 0.6 is 0 Å². The summed E-state index contributed by atoms with van der Waals surface area (Å²) in [6.45, 7) is 3.33. The second-order valence-electron chi connectivity index (χ2n) is 5.46. The highest BCUT2D eigenvalue weighted by Gasteiger charge is 2.05. The van der Waals surface area contributed by atoms with E-state index in [4.69, 9.17) is 4.74 Å². The molecule has 0 saturated carbocycles. The van der Waals surface area contributed by atoms with E-state index in [0.29, 0.717) is 5.69 Å². The lowest BCUT2D eigenvalue weighted by Gasteiger charge is -2.04. The van der Waals surface area contributed by atoms with Crippen LogP contribution in [-0.2, 0) is 13.2 Å². The fourth-order valence-electron chi connectivity index (χ4n) is 2.28. The van der Waals surface area contributed by atoms with E-state index in [1.807, 2.05) is 10.9 Å². The molecule has 0 aliphatic rings. The summed E-state index contributed by atoms with van der Waals surface area (Å²) in [5, 5.41) is 8.13. The quantitative estimate of drug-likeness (QED) is 0.612. The number of unbranched alkanes of at least 4 members (excludes halogenated alkanes) is 5. The molecule has 5 heteroatoms. The van der Waals surface area contributed by atoms with E-state index in [1.54, 1.807) is 18.2 Å². The molecule has 4 nitrogen and oxygen atoms in total. The molecular formula is C17H24FN3O. The zero-order valence-electron chi connectivity index (χ0n) is 13.2. The first kappa shape index (κ1) is 16.5. The Hall–Kier alpha value is -1.91. The standard InChI is InChI=1S/C17H24FN3O/c1-2-3-4-5-6-9-12-21-13-15(19-20-21)14-22-17-11-8-7-10-16(17)18/h7-8,10-11,13H,2-6,9,12,14H2,1H3. The summed E-state index contributed by atoms with van der Waals surface area (Å²) in [4.78, 5) is 0. The average molecular weight is 305 g/mol. The van der Waals surface area contributed by atoms with Crippen molar-refractivity contribution >= 4 is 0 Å². The highest BCUT2D eigenvalue weighted by Crippen LogP contribution is 2.16. The van der Waals surface area contributed by atoms with Gasteiger partial charge in [-0.3, -0.25) is 4.68 Å². The number of para-hydroxylation sites is 1. The molecule has 1 aromatic carbocycles. The van der Waals surface area contributed by atoms with E-state index in [1.165, 1.54) is 38.2 Å². The summed E-state index contributed by atoms with van der Waals surface area (Å²) in [5.74, 6) is -0.116. The van der Waals surface area contributed by atoms with Crippen molar-refractivity contribution in [3.05, 3.63) is 42.0 Å². The van der Waals surface area contributed by atoms with Crippen molar-refractivity contribution in [3.63, 3.8) is 0 Å². The number of hydrogen-bond acceptors (Lipinski definition) is 3. The van der Waals surface area contributed by atoms with Crippen LogP contribution in [0.1, 0.15) is 51.1 Å². The molecule has 0 bridgehead atoms. The minimum atomic E-state index is -0.359. The molecule has 0 aliphatic heterocycles. The molecule has 22 heavy (non-hydrogen) atoms. The molecule has 0 aliphatic carbocycles. The molecule has 0 atom stereocenters. The molecule has 2 aromatic rings. The smallest absolute Gasteiger partial charge is 0.165 e. The zero-order valence-corrected chi connectivity index (χ0v) is 13.2. The average Bonchev–Trinajstić information content (AvgIpc) is 2.98. The van der Waals surface area contributed by atoms with Crippen molar-refractivity contribution in [2.75, 3.05) is 0 Å². The molecule has 2 rings (SSSR count). The molecular weight excluding hydrogens is 281 g/mol. The Morgan fingerprint density at radius 2 is 1.86 bits per heavy atom. The van der Waals surface area contributed by atoms with E-state index in [2.05, 4.69) is 17.2 Å². The van der Waals surface area contributed by atoms with E-state index in [0.717, 1.165) is 13.0 Å². The predicted molar refractivity (Wildman–Crippen MR) is 84.1 cm³/mol. The number of nitrogens with zero attached hydrogens (tertiary/aromatic N) is 3. The van der Waals surface area contributed by atoms with E-state index < -0.39 is 0 Å². The van der Waals surface area contributed by atoms with E-state index in [9.17, 15) is 4.39 Å². The minimum Gasteiger partial charge on any atom is -0.484 e. The van der Waals surface area contributed by atoms with Gasteiger partial charge in [0.25, 0.3) is 0 Å². The second kappa shape index (κ2) is 9.18. The molecule has 0 saturated heterocycles. The normalized spacial score (nSPS) is 10.8. The largest absolute Gasteiger partial charge is 0.484 e. The van der Waals surface area contributed by atoms with Crippen molar-refractivity contribution in [2.24, 2.45) is 0 Å². The molecule has 0 radical (unpaired) electrons. The van der Waals surface area contributed by atoms with Crippen LogP contribution in [0, 0.1) is 5.82 Å². The van der Waals surface area contributed by atoms with Crippen LogP contribution in [-0.4, -0.2) is 15.0 Å². The first-order valence-electron chi connectivity index (χ1n) is 8.06. The van der Waals surface area contributed by atoms with E-state index >= 15 is 0 Å². The topological polar surface area (TPSA) is 39.9 Å². The number of halogens is 1. The third-order valence-corrected chi connectivity index (χ3v) is 3.54. The molecule has 120 valence electrons. The van der Waals surface area contributed by atoms with Gasteiger partial charge < -0.3 is 4.74 Å². The predicted octanol–water partition coefficient (Wildman–Crippen LogP) is 4.36. The minimum absolute atomic E-state index is 0.234. The Bertz CT molecular complexity index is 556. The van der Waals surface area contributed by atoms with Crippen LogP contribution in [0.4, 0.5) is 4.39 Å². The van der Waals surface area contributed by atoms with Gasteiger partial charge in [0.05, 0.1) is 6.20 Å². The van der Waals surface area contributed by atoms with Crippen LogP contribution in [0.15, 0.2) is 30.5 Å². The Labute approximate surface area is 131 Å². The van der Waals surface area contributed by atoms with Crippen molar-refractivity contribution in [1.82, 2.24) is 15.0 Å². The third kappa shape index (κ3) is 5.47. The molecule has 0 N–H and O–H groups in total. The maximum absolute atomic E-state index is 13.4. The van der Waals surface area contributed by atoms with Gasteiger partial charge in [0, 0.05) is 6.54 Å². The van der Waals surface area contributed by atoms with Crippen LogP contribution in [0.2, 0.25) is 0 Å². The van der Waals surface area contributed by atoms with Crippen LogP contribution in [0.5, 0.6) is 5.75 Å². The first-order valence-corrected chi connectivity index (χ1v) is 8.06. The fourth-order valence-corrected chi connectivity index (χ4v) is 2.28. The monoisotopic (exact) mass is 305 g/mol. The maximum Gasteiger partial charge on any atom is 0.165 e. The number of ether oxygens (including phenoxy) is 1. The lowest BCUT2D eigenvalue weighted by molar-refractivity contribution is 0.286. The molecule has 0 unspecified atom stereocenters. The Balaban J connectivity index is 1.69. The van der Waals surface area contributed by atoms with Gasteiger partial charge in [-0.25, -0.2) is 4.39 Å². The van der Waals surface area contributed by atoms with Gasteiger partial charge in [-0.2, -0.15) is 0 Å². The Kier molecular flexibility index (Phi) is 6.87. The lowest BCUT2D eigenvalue weighted by Crippen LogP contribution is -1.99. The summed E-state index contributed by atoms with van der Waals surface area (Å²) in [6, 6.07) is 6.37. The van der Waals surface area contributed by atoms with Gasteiger partial charge >= 0.3 is 0 Å². The SMILES string of the molecule is CCCCCCCCn1cc(COc2ccccc2F)nn1. The molecule has 0 fully saturated rings. The van der Waals surface area contributed by atoms with Gasteiger partial charge in [-0.05, 0) is 18.6 Å².